The molecule has 3 aromatic rings. The number of anilines is 2. The predicted molar refractivity (Wildman–Crippen MR) is 98.8 cm³/mol. The molecule has 2 aliphatic rings. The van der Waals surface area contributed by atoms with Crippen LogP contribution in [0.4, 0.5) is 11.6 Å². The number of amides is 1. The molecule has 2 saturated heterocycles. The Kier molecular flexibility index (Phi) is 3.36. The fourth-order valence-corrected chi connectivity index (χ4v) is 3.81. The summed E-state index contributed by atoms with van der Waals surface area (Å²) in [6.07, 6.45) is 6.75. The number of hydrogen-bond donors (Lipinski definition) is 0. The monoisotopic (exact) mass is 368 g/mol. The first kappa shape index (κ1) is 16.0. The summed E-state index contributed by atoms with van der Waals surface area (Å²) in [7, 11) is 3.51. The van der Waals surface area contributed by atoms with Crippen molar-refractivity contribution < 1.29 is 4.79 Å². The highest BCUT2D eigenvalue weighted by Gasteiger charge is 2.33. The van der Waals surface area contributed by atoms with Gasteiger partial charge >= 0.3 is 0 Å². The fourth-order valence-electron chi connectivity index (χ4n) is 3.81. The molecular formula is C17H20N8O2. The van der Waals surface area contributed by atoms with Crippen molar-refractivity contribution in [2.75, 3.05) is 29.4 Å². The Labute approximate surface area is 154 Å². The zero-order valence-corrected chi connectivity index (χ0v) is 15.2. The van der Waals surface area contributed by atoms with E-state index in [-0.39, 0.29) is 17.5 Å². The van der Waals surface area contributed by atoms with Gasteiger partial charge < -0.3 is 9.80 Å². The summed E-state index contributed by atoms with van der Waals surface area (Å²) >= 11 is 0. The Morgan fingerprint density at radius 1 is 1.11 bits per heavy atom. The molecule has 0 N–H and O–H groups in total. The van der Waals surface area contributed by atoms with Crippen LogP contribution >= 0.6 is 0 Å². The lowest BCUT2D eigenvalue weighted by atomic mass is 10.1. The molecular weight excluding hydrogens is 348 g/mol. The molecule has 0 unspecified atom stereocenters. The predicted octanol–water partition coefficient (Wildman–Crippen LogP) is 0.0516. The van der Waals surface area contributed by atoms with Crippen molar-refractivity contribution in [3.05, 3.63) is 28.9 Å². The summed E-state index contributed by atoms with van der Waals surface area (Å²) in [5.74, 6) is 0.794. The van der Waals surface area contributed by atoms with Crippen LogP contribution in [0.1, 0.15) is 18.9 Å². The van der Waals surface area contributed by atoms with E-state index in [1.807, 2.05) is 10.9 Å². The Morgan fingerprint density at radius 2 is 1.93 bits per heavy atom. The maximum atomic E-state index is 12.5. The summed E-state index contributed by atoms with van der Waals surface area (Å²) in [4.78, 5) is 32.9. The number of fused-ring (bicyclic) bond motifs is 1. The number of rotatable bonds is 3. The van der Waals surface area contributed by atoms with E-state index >= 15 is 0 Å². The highest BCUT2D eigenvalue weighted by atomic mass is 16.2. The number of aryl methyl sites for hydroxylation is 1. The molecule has 0 bridgehead atoms. The maximum Gasteiger partial charge on any atom is 0.265 e. The molecule has 1 amide bonds. The molecule has 3 aromatic heterocycles. The van der Waals surface area contributed by atoms with Crippen molar-refractivity contribution in [1.82, 2.24) is 29.1 Å². The van der Waals surface area contributed by atoms with Crippen molar-refractivity contribution >= 4 is 28.6 Å². The van der Waals surface area contributed by atoms with E-state index in [9.17, 15) is 9.59 Å². The van der Waals surface area contributed by atoms with Crippen LogP contribution in [0.15, 0.2) is 23.4 Å². The summed E-state index contributed by atoms with van der Waals surface area (Å²) in [6, 6.07) is 0.190. The first-order chi connectivity index (χ1) is 13.0. The molecule has 0 aliphatic carbocycles. The van der Waals surface area contributed by atoms with Crippen LogP contribution in [-0.4, -0.2) is 54.7 Å². The molecule has 0 spiro atoms. The van der Waals surface area contributed by atoms with E-state index < -0.39 is 0 Å². The van der Waals surface area contributed by atoms with Gasteiger partial charge in [-0.25, -0.2) is 0 Å². The number of carbonyl (C=O) groups excluding carboxylic acids is 1. The van der Waals surface area contributed by atoms with E-state index in [1.54, 1.807) is 40.6 Å². The Bertz CT molecular complexity index is 1100. The number of nitrogens with zero attached hydrogens (tertiary/aromatic N) is 8. The Morgan fingerprint density at radius 3 is 2.67 bits per heavy atom. The second kappa shape index (κ2) is 5.66. The van der Waals surface area contributed by atoms with Gasteiger partial charge in [0.2, 0.25) is 11.9 Å². The topological polar surface area (TPSA) is 94.1 Å². The van der Waals surface area contributed by atoms with Gasteiger partial charge in [0, 0.05) is 46.3 Å². The zero-order valence-electron chi connectivity index (χ0n) is 15.2. The Hall–Kier alpha value is -3.17. The van der Waals surface area contributed by atoms with E-state index in [0.29, 0.717) is 36.5 Å². The summed E-state index contributed by atoms with van der Waals surface area (Å²) < 4.78 is 5.08. The zero-order chi connectivity index (χ0) is 18.7. The van der Waals surface area contributed by atoms with Gasteiger partial charge in [0.1, 0.15) is 5.39 Å². The van der Waals surface area contributed by atoms with Crippen LogP contribution in [0, 0.1) is 0 Å². The first-order valence-electron chi connectivity index (χ1n) is 9.01. The van der Waals surface area contributed by atoms with Crippen LogP contribution in [0.5, 0.6) is 0 Å². The highest BCUT2D eigenvalue weighted by Crippen LogP contribution is 2.28. The Balaban J connectivity index is 1.37. The van der Waals surface area contributed by atoms with Crippen molar-refractivity contribution in [3.63, 3.8) is 0 Å². The van der Waals surface area contributed by atoms with Crippen molar-refractivity contribution in [2.24, 2.45) is 14.1 Å². The summed E-state index contributed by atoms with van der Waals surface area (Å²) in [5, 5.41) is 9.08. The minimum atomic E-state index is -0.0968. The third kappa shape index (κ3) is 2.36. The van der Waals surface area contributed by atoms with Gasteiger partial charge in [-0.05, 0) is 6.42 Å². The lowest BCUT2D eigenvalue weighted by Gasteiger charge is -2.40. The second-order valence-corrected chi connectivity index (χ2v) is 7.17. The van der Waals surface area contributed by atoms with Gasteiger partial charge in [0.25, 0.3) is 5.56 Å². The quantitative estimate of drug-likeness (QED) is 0.649. The number of hydrogen-bond acceptors (Lipinski definition) is 6. The summed E-state index contributed by atoms with van der Waals surface area (Å²) in [6.45, 7) is 2.18. The minimum absolute atomic E-state index is 0.0968. The largest absolute Gasteiger partial charge is 0.338 e. The maximum absolute atomic E-state index is 12.5. The van der Waals surface area contributed by atoms with E-state index in [0.717, 1.165) is 18.7 Å². The SMILES string of the molecule is Cn1c(N2CC(n3cc(N4CCCC4=O)cn3)C2)nc2c(cnn2C)c1=O. The normalized spacial score (nSPS) is 17.9. The van der Waals surface area contributed by atoms with Gasteiger partial charge in [-0.3, -0.25) is 23.5 Å². The summed E-state index contributed by atoms with van der Waals surface area (Å²) in [5.41, 5.74) is 1.35. The van der Waals surface area contributed by atoms with E-state index in [4.69, 9.17) is 0 Å². The van der Waals surface area contributed by atoms with Crippen LogP contribution in [0.25, 0.3) is 11.0 Å². The molecule has 27 heavy (non-hydrogen) atoms. The number of carbonyl (C=O) groups is 1. The minimum Gasteiger partial charge on any atom is -0.338 e. The van der Waals surface area contributed by atoms with Gasteiger partial charge in [-0.15, -0.1) is 0 Å². The molecule has 10 heteroatoms. The third-order valence-corrected chi connectivity index (χ3v) is 5.44. The smallest absolute Gasteiger partial charge is 0.265 e. The van der Waals surface area contributed by atoms with Crippen LogP contribution in [-0.2, 0) is 18.9 Å². The van der Waals surface area contributed by atoms with Gasteiger partial charge in [-0.1, -0.05) is 0 Å². The van der Waals surface area contributed by atoms with E-state index in [2.05, 4.69) is 20.1 Å². The van der Waals surface area contributed by atoms with Crippen molar-refractivity contribution in [3.8, 4) is 0 Å². The molecule has 2 fully saturated rings. The van der Waals surface area contributed by atoms with Gasteiger partial charge in [-0.2, -0.15) is 15.2 Å². The molecule has 0 atom stereocenters. The van der Waals surface area contributed by atoms with E-state index in [1.165, 1.54) is 0 Å². The van der Waals surface area contributed by atoms with Gasteiger partial charge in [0.05, 0.1) is 24.1 Å². The second-order valence-electron chi connectivity index (χ2n) is 7.17. The van der Waals surface area contributed by atoms with Crippen LogP contribution in [0.3, 0.4) is 0 Å². The lowest BCUT2D eigenvalue weighted by molar-refractivity contribution is -0.117. The highest BCUT2D eigenvalue weighted by molar-refractivity contribution is 5.95. The van der Waals surface area contributed by atoms with Crippen LogP contribution in [0.2, 0.25) is 0 Å². The average molecular weight is 368 g/mol. The fraction of sp³-hybridized carbons (Fsp3) is 0.471. The molecule has 0 saturated carbocycles. The molecule has 10 nitrogen and oxygen atoms in total. The first-order valence-corrected chi connectivity index (χ1v) is 9.01. The lowest BCUT2D eigenvalue weighted by Crippen LogP contribution is -2.50. The molecule has 0 aromatic carbocycles. The van der Waals surface area contributed by atoms with Gasteiger partial charge in [0.15, 0.2) is 5.65 Å². The average Bonchev–Trinajstić information content (AvgIpc) is 3.32. The molecule has 0 radical (unpaired) electrons. The standard InChI is InChI=1S/C17H20N8O2/c1-21-16(27)13-7-18-22(2)15(13)20-17(21)23-8-12(9-23)25-10-11(6-19-25)24-5-3-4-14(24)26/h6-7,10,12H,3-5,8-9H2,1-2H3. The number of aromatic nitrogens is 6. The third-order valence-electron chi connectivity index (χ3n) is 5.44. The molecule has 5 rings (SSSR count). The van der Waals surface area contributed by atoms with Crippen molar-refractivity contribution in [2.45, 2.75) is 18.9 Å². The molecule has 2 aliphatic heterocycles. The molecule has 140 valence electrons. The van der Waals surface area contributed by atoms with Crippen molar-refractivity contribution in [1.29, 1.82) is 0 Å². The molecule has 5 heterocycles. The van der Waals surface area contributed by atoms with Crippen LogP contribution < -0.4 is 15.4 Å².